The summed E-state index contributed by atoms with van der Waals surface area (Å²) < 4.78 is 0. The number of thioether (sulfide) groups is 2. The van der Waals surface area contributed by atoms with Gasteiger partial charge >= 0.3 is 24.8 Å². The molecule has 1 aliphatic carbocycles. The maximum atomic E-state index is 13.4. The third kappa shape index (κ3) is 11.1. The third-order valence-corrected chi connectivity index (χ3v) is 9.93. The van der Waals surface area contributed by atoms with Gasteiger partial charge in [-0.2, -0.15) is 11.8 Å². The molecule has 5 nitrogen and oxygen atoms in total. The zero-order valence-electron chi connectivity index (χ0n) is 24.8. The monoisotopic (exact) mass is 612 g/mol. The Balaban J connectivity index is 0.00000506. The first-order valence-corrected chi connectivity index (χ1v) is 17.4. The predicted octanol–water partition coefficient (Wildman–Crippen LogP) is 7.17. The number of carboxylic acids is 1. The van der Waals surface area contributed by atoms with Crippen molar-refractivity contribution in [3.8, 4) is 11.1 Å². The predicted molar refractivity (Wildman–Crippen MR) is 185 cm³/mol. The summed E-state index contributed by atoms with van der Waals surface area (Å²) >= 11 is 3.48. The number of carbonyl (C=O) groups is 2. The van der Waals surface area contributed by atoms with E-state index in [-0.39, 0.29) is 24.8 Å². The average molecular weight is 613 g/mol. The van der Waals surface area contributed by atoms with Crippen LogP contribution in [0.1, 0.15) is 66.4 Å². The second-order valence-electron chi connectivity index (χ2n) is 11.3. The number of carbonyl (C=O) groups excluding carboxylic acids is 1. The van der Waals surface area contributed by atoms with E-state index in [1.807, 2.05) is 61.3 Å². The van der Waals surface area contributed by atoms with Gasteiger partial charge in [-0.3, -0.25) is 4.79 Å². The summed E-state index contributed by atoms with van der Waals surface area (Å²) in [7, 11) is 0. The van der Waals surface area contributed by atoms with Crippen LogP contribution in [0.5, 0.6) is 0 Å². The van der Waals surface area contributed by atoms with Gasteiger partial charge in [0.25, 0.3) is 5.91 Å². The van der Waals surface area contributed by atoms with Crippen LogP contribution in [0, 0.1) is 12.8 Å². The molecule has 8 heteroatoms. The van der Waals surface area contributed by atoms with Crippen molar-refractivity contribution < 1.29 is 14.7 Å². The molecule has 1 saturated carbocycles. The second kappa shape index (κ2) is 18.6. The quantitative estimate of drug-likeness (QED) is 0.125. The molecule has 0 aliphatic heterocycles. The molecule has 0 aromatic heterocycles. The molecule has 0 heterocycles. The Morgan fingerprint density at radius 1 is 0.953 bits per heavy atom. The van der Waals surface area contributed by atoms with Crippen LogP contribution in [-0.4, -0.2) is 65.7 Å². The zero-order chi connectivity index (χ0) is 29.7. The van der Waals surface area contributed by atoms with Crippen molar-refractivity contribution in [2.45, 2.75) is 75.4 Å². The molecule has 43 heavy (non-hydrogen) atoms. The minimum atomic E-state index is -1.01. The van der Waals surface area contributed by atoms with Crippen LogP contribution in [0.25, 0.3) is 11.1 Å². The topological polar surface area (TPSA) is 78.4 Å². The van der Waals surface area contributed by atoms with Crippen LogP contribution in [0.3, 0.4) is 0 Å². The van der Waals surface area contributed by atoms with Gasteiger partial charge in [-0.1, -0.05) is 80.6 Å². The normalized spacial score (nSPS) is 14.8. The van der Waals surface area contributed by atoms with Crippen molar-refractivity contribution in [2.24, 2.45) is 5.92 Å². The zero-order valence-corrected chi connectivity index (χ0v) is 26.4. The molecule has 4 rings (SSSR count). The molecule has 2 unspecified atom stereocenters. The van der Waals surface area contributed by atoms with Crippen LogP contribution in [0.4, 0.5) is 0 Å². The van der Waals surface area contributed by atoms with Gasteiger partial charge in [0.1, 0.15) is 6.04 Å². The number of benzene rings is 3. The van der Waals surface area contributed by atoms with E-state index in [1.54, 1.807) is 11.8 Å². The molecule has 1 amide bonds. The van der Waals surface area contributed by atoms with E-state index in [1.165, 1.54) is 43.4 Å². The Morgan fingerprint density at radius 3 is 2.37 bits per heavy atom. The van der Waals surface area contributed by atoms with Crippen LogP contribution in [0.2, 0.25) is 0 Å². The van der Waals surface area contributed by atoms with Gasteiger partial charge in [-0.15, -0.1) is 11.8 Å². The summed E-state index contributed by atoms with van der Waals surface area (Å²) in [6.07, 6.45) is 10.2. The molecule has 0 bridgehead atoms. The molecule has 1 aliphatic rings. The van der Waals surface area contributed by atoms with Gasteiger partial charge in [0.15, 0.2) is 0 Å². The molecule has 0 saturated heterocycles. The molecule has 1 fully saturated rings. The van der Waals surface area contributed by atoms with Crippen molar-refractivity contribution in [3.63, 3.8) is 0 Å². The van der Waals surface area contributed by atoms with Gasteiger partial charge in [-0.05, 0) is 84.2 Å². The summed E-state index contributed by atoms with van der Waals surface area (Å²) in [5, 5.41) is 16.3. The average Bonchev–Trinajstić information content (AvgIpc) is 3.01. The Morgan fingerprint density at radius 2 is 1.67 bits per heavy atom. The fourth-order valence-corrected chi connectivity index (χ4v) is 7.21. The molecule has 0 radical (unpaired) electrons. The SMILES string of the molecule is CSCCC(NC(=O)c1ccc(CNC(CSc2ccccc2)CC2CCCCC2)cc1-c1ccccc1C)C(=O)O.[LiH]. The first kappa shape index (κ1) is 35.3. The second-order valence-corrected chi connectivity index (χ2v) is 13.4. The van der Waals surface area contributed by atoms with E-state index >= 15 is 0 Å². The molecule has 0 spiro atoms. The minimum absolute atomic E-state index is 0. The van der Waals surface area contributed by atoms with E-state index in [9.17, 15) is 14.7 Å². The number of aliphatic carboxylic acids is 1. The Hall–Kier alpha value is -2.14. The van der Waals surface area contributed by atoms with Gasteiger partial charge < -0.3 is 15.7 Å². The number of aryl methyl sites for hydroxylation is 1. The van der Waals surface area contributed by atoms with Gasteiger partial charge in [-0.25, -0.2) is 4.79 Å². The fourth-order valence-electron chi connectivity index (χ4n) is 5.74. The van der Waals surface area contributed by atoms with Crippen molar-refractivity contribution in [1.82, 2.24) is 10.6 Å². The van der Waals surface area contributed by atoms with Crippen molar-refractivity contribution in [1.29, 1.82) is 0 Å². The number of hydrogen-bond donors (Lipinski definition) is 3. The van der Waals surface area contributed by atoms with Crippen molar-refractivity contribution in [2.75, 3.05) is 17.8 Å². The molecular formula is C35H45LiN2O3S2. The number of amides is 1. The van der Waals surface area contributed by atoms with Crippen molar-refractivity contribution in [3.05, 3.63) is 89.5 Å². The summed E-state index contributed by atoms with van der Waals surface area (Å²) in [4.78, 5) is 26.6. The van der Waals surface area contributed by atoms with Crippen LogP contribution in [0.15, 0.2) is 77.7 Å². The summed E-state index contributed by atoms with van der Waals surface area (Å²) in [6.45, 7) is 2.75. The first-order chi connectivity index (χ1) is 20.4. The molecule has 3 aromatic rings. The van der Waals surface area contributed by atoms with Crippen LogP contribution in [-0.2, 0) is 11.3 Å². The van der Waals surface area contributed by atoms with Gasteiger partial charge in [0, 0.05) is 28.8 Å². The maximum absolute atomic E-state index is 13.4. The molecule has 226 valence electrons. The van der Waals surface area contributed by atoms with Gasteiger partial charge in [0.05, 0.1) is 0 Å². The molecule has 3 aromatic carbocycles. The van der Waals surface area contributed by atoms with E-state index in [2.05, 4.69) is 47.0 Å². The number of nitrogens with one attached hydrogen (secondary N) is 2. The summed E-state index contributed by atoms with van der Waals surface area (Å²) in [6, 6.07) is 24.1. The molecule has 2 atom stereocenters. The van der Waals surface area contributed by atoms with Gasteiger partial charge in [0.2, 0.25) is 0 Å². The molecule has 3 N–H and O–H groups in total. The Labute approximate surface area is 278 Å². The Bertz CT molecular complexity index is 1300. The summed E-state index contributed by atoms with van der Waals surface area (Å²) in [5.41, 5.74) is 4.51. The van der Waals surface area contributed by atoms with E-state index in [0.29, 0.717) is 30.3 Å². The van der Waals surface area contributed by atoms with Crippen molar-refractivity contribution >= 4 is 54.3 Å². The molecular weight excluding hydrogens is 567 g/mol. The number of rotatable bonds is 15. The van der Waals surface area contributed by atoms with E-state index < -0.39 is 12.0 Å². The van der Waals surface area contributed by atoms with E-state index in [4.69, 9.17) is 0 Å². The van der Waals surface area contributed by atoms with Crippen LogP contribution >= 0.6 is 23.5 Å². The third-order valence-electron chi connectivity index (χ3n) is 8.11. The fraction of sp³-hybridized carbons (Fsp3) is 0.429. The van der Waals surface area contributed by atoms with Crippen LogP contribution < -0.4 is 10.6 Å². The van der Waals surface area contributed by atoms with E-state index in [0.717, 1.165) is 33.9 Å². The standard InChI is InChI=1S/C35H44N2O3S2.Li.H/c1-25-11-9-10-16-30(25)32-22-27(17-18-31(32)34(38)37-33(35(39)40)19-20-41-2)23-36-28(21-26-12-5-3-6-13-26)24-42-29-14-7-4-8-15-29;;/h4,7-11,14-18,22,26,28,33,36H,3,5-6,12-13,19-21,23-24H2,1-2H3,(H,37,38)(H,39,40);;. The Kier molecular flexibility index (Phi) is 15.3. The number of hydrogen-bond acceptors (Lipinski definition) is 5. The summed E-state index contributed by atoms with van der Waals surface area (Å²) in [5.74, 6) is 1.09. The first-order valence-electron chi connectivity index (χ1n) is 15.1. The number of carboxylic acid groups (broad SMARTS) is 1.